The van der Waals surface area contributed by atoms with E-state index in [1.807, 2.05) is 37.3 Å². The fourth-order valence-electron chi connectivity index (χ4n) is 2.74. The maximum Gasteiger partial charge on any atom is 0.345 e. The van der Waals surface area contributed by atoms with E-state index in [-0.39, 0.29) is 0 Å². The van der Waals surface area contributed by atoms with E-state index in [1.165, 1.54) is 11.3 Å². The van der Waals surface area contributed by atoms with E-state index >= 15 is 0 Å². The van der Waals surface area contributed by atoms with Crippen molar-refractivity contribution in [2.75, 3.05) is 12.5 Å². The van der Waals surface area contributed by atoms with Gasteiger partial charge in [0.05, 0.1) is 24.1 Å². The third-order valence-corrected chi connectivity index (χ3v) is 5.30. The summed E-state index contributed by atoms with van der Waals surface area (Å²) in [5.74, 6) is 0.685. The Kier molecular flexibility index (Phi) is 5.33. The van der Waals surface area contributed by atoms with Crippen LogP contribution in [-0.4, -0.2) is 17.8 Å². The first kappa shape index (κ1) is 19.2. The van der Waals surface area contributed by atoms with Gasteiger partial charge in [-0.1, -0.05) is 23.7 Å². The third-order valence-electron chi connectivity index (χ3n) is 4.30. The van der Waals surface area contributed by atoms with E-state index in [4.69, 9.17) is 20.8 Å². The minimum Gasteiger partial charge on any atom is -0.497 e. The highest BCUT2D eigenvalue weighted by molar-refractivity contribution is 7.14. The molecule has 0 unspecified atom stereocenters. The number of halogens is 1. The van der Waals surface area contributed by atoms with Crippen LogP contribution >= 0.6 is 22.9 Å². The molecule has 4 aromatic rings. The summed E-state index contributed by atoms with van der Waals surface area (Å²) in [4.78, 5) is 16.8. The molecule has 4 rings (SSSR count). The highest BCUT2D eigenvalue weighted by atomic mass is 35.5. The molecule has 0 amide bonds. The third kappa shape index (κ3) is 4.16. The minimum atomic E-state index is -0.444. The lowest BCUT2D eigenvalue weighted by molar-refractivity contribution is 0.415. The van der Waals surface area contributed by atoms with Gasteiger partial charge in [-0.05, 0) is 48.9 Å². The fraction of sp³-hybridized carbons (Fsp3) is 0.0952. The summed E-state index contributed by atoms with van der Waals surface area (Å²) in [5, 5.41) is 8.14. The zero-order valence-corrected chi connectivity index (χ0v) is 17.2. The average Bonchev–Trinajstić information content (AvgIpc) is 3.20. The van der Waals surface area contributed by atoms with Crippen molar-refractivity contribution in [2.45, 2.75) is 6.92 Å². The van der Waals surface area contributed by atoms with Crippen LogP contribution in [0.15, 0.2) is 68.2 Å². The Morgan fingerprint density at radius 1 is 1.21 bits per heavy atom. The van der Waals surface area contributed by atoms with Gasteiger partial charge in [-0.15, -0.1) is 11.3 Å². The van der Waals surface area contributed by atoms with E-state index in [2.05, 4.69) is 15.5 Å². The summed E-state index contributed by atoms with van der Waals surface area (Å²) < 4.78 is 10.7. The molecule has 0 bridgehead atoms. The first-order chi connectivity index (χ1) is 14.0. The number of nitrogens with one attached hydrogen (secondary N) is 1. The average molecular weight is 426 g/mol. The molecule has 2 heterocycles. The van der Waals surface area contributed by atoms with Crippen LogP contribution in [0.4, 0.5) is 5.13 Å². The van der Waals surface area contributed by atoms with Crippen LogP contribution in [0.5, 0.6) is 5.75 Å². The molecule has 0 saturated heterocycles. The molecule has 0 radical (unpaired) electrons. The lowest BCUT2D eigenvalue weighted by Crippen LogP contribution is -2.03. The first-order valence-electron chi connectivity index (χ1n) is 8.67. The first-order valence-corrected chi connectivity index (χ1v) is 9.93. The van der Waals surface area contributed by atoms with Gasteiger partial charge in [0, 0.05) is 15.8 Å². The van der Waals surface area contributed by atoms with Crippen molar-refractivity contribution in [3.05, 3.63) is 74.9 Å². The topological polar surface area (TPSA) is 76.7 Å². The molecule has 8 heteroatoms. The Morgan fingerprint density at radius 2 is 2.00 bits per heavy atom. The SMILES string of the molecule is COc1ccc2oc(=O)c(-c3csc(N/N=C(/C)c4ccc(Cl)cc4)n3)cc2c1. The molecule has 1 N–H and O–H groups in total. The van der Waals surface area contributed by atoms with Crippen molar-refractivity contribution >= 4 is 44.8 Å². The molecule has 0 aliphatic carbocycles. The predicted molar refractivity (Wildman–Crippen MR) is 117 cm³/mol. The van der Waals surface area contributed by atoms with Gasteiger partial charge in [0.1, 0.15) is 11.3 Å². The Labute approximate surface area is 175 Å². The van der Waals surface area contributed by atoms with Crippen LogP contribution in [-0.2, 0) is 0 Å². The van der Waals surface area contributed by atoms with Crippen molar-refractivity contribution in [1.82, 2.24) is 4.98 Å². The molecule has 0 atom stereocenters. The van der Waals surface area contributed by atoms with Crippen molar-refractivity contribution < 1.29 is 9.15 Å². The van der Waals surface area contributed by atoms with E-state index < -0.39 is 5.63 Å². The minimum absolute atomic E-state index is 0.383. The van der Waals surface area contributed by atoms with Crippen molar-refractivity contribution in [3.8, 4) is 17.0 Å². The van der Waals surface area contributed by atoms with Crippen LogP contribution in [0.1, 0.15) is 12.5 Å². The summed E-state index contributed by atoms with van der Waals surface area (Å²) in [6.07, 6.45) is 0. The van der Waals surface area contributed by atoms with Gasteiger partial charge in [0.15, 0.2) is 0 Å². The molecule has 2 aromatic carbocycles. The molecule has 29 heavy (non-hydrogen) atoms. The standard InChI is InChI=1S/C21H16ClN3O3S/c1-12(13-3-5-15(22)6-4-13)24-25-21-23-18(11-29-21)17-10-14-9-16(27-2)7-8-19(14)28-20(17)26/h3-11H,1-2H3,(H,23,25)/b24-12-. The fourth-order valence-corrected chi connectivity index (χ4v) is 3.52. The summed E-state index contributed by atoms with van der Waals surface area (Å²) in [6, 6.07) is 14.4. The second kappa shape index (κ2) is 8.06. The number of anilines is 1. The number of benzene rings is 2. The van der Waals surface area contributed by atoms with Crippen LogP contribution in [0.3, 0.4) is 0 Å². The largest absolute Gasteiger partial charge is 0.497 e. The Bertz CT molecular complexity index is 1260. The van der Waals surface area contributed by atoms with Gasteiger partial charge >= 0.3 is 5.63 Å². The lowest BCUT2D eigenvalue weighted by Gasteiger charge is -2.03. The Balaban J connectivity index is 1.60. The smallest absolute Gasteiger partial charge is 0.345 e. The van der Waals surface area contributed by atoms with E-state index in [0.29, 0.717) is 32.7 Å². The van der Waals surface area contributed by atoms with Crippen LogP contribution < -0.4 is 15.8 Å². The second-order valence-electron chi connectivity index (χ2n) is 6.21. The number of hydrogen-bond acceptors (Lipinski definition) is 7. The number of ether oxygens (including phenoxy) is 1. The van der Waals surface area contributed by atoms with Gasteiger partial charge in [0.25, 0.3) is 0 Å². The zero-order valence-electron chi connectivity index (χ0n) is 15.6. The number of rotatable bonds is 5. The summed E-state index contributed by atoms with van der Waals surface area (Å²) in [6.45, 7) is 1.89. The zero-order chi connectivity index (χ0) is 20.4. The van der Waals surface area contributed by atoms with Crippen LogP contribution in [0.25, 0.3) is 22.2 Å². The summed E-state index contributed by atoms with van der Waals surface area (Å²) in [5.41, 5.74) is 5.63. The monoisotopic (exact) mass is 425 g/mol. The molecular weight excluding hydrogens is 410 g/mol. The number of aromatic nitrogens is 1. The van der Waals surface area contributed by atoms with Crippen molar-refractivity contribution in [2.24, 2.45) is 5.10 Å². The van der Waals surface area contributed by atoms with Crippen molar-refractivity contribution in [1.29, 1.82) is 0 Å². The van der Waals surface area contributed by atoms with Crippen molar-refractivity contribution in [3.63, 3.8) is 0 Å². The molecular formula is C21H16ClN3O3S. The lowest BCUT2D eigenvalue weighted by atomic mass is 10.1. The second-order valence-corrected chi connectivity index (χ2v) is 7.50. The maximum atomic E-state index is 12.4. The number of nitrogens with zero attached hydrogens (tertiary/aromatic N) is 2. The van der Waals surface area contributed by atoms with Gasteiger partial charge in [0.2, 0.25) is 5.13 Å². The number of fused-ring (bicyclic) bond motifs is 1. The maximum absolute atomic E-state index is 12.4. The Hall–Kier alpha value is -3.16. The number of thiazole rings is 1. The summed E-state index contributed by atoms with van der Waals surface area (Å²) in [7, 11) is 1.59. The van der Waals surface area contributed by atoms with Gasteiger partial charge in [-0.3, -0.25) is 5.43 Å². The highest BCUT2D eigenvalue weighted by Gasteiger charge is 2.12. The molecule has 2 aromatic heterocycles. The number of hydrazone groups is 1. The van der Waals surface area contributed by atoms with Crippen LogP contribution in [0, 0.1) is 0 Å². The Morgan fingerprint density at radius 3 is 2.76 bits per heavy atom. The quantitative estimate of drug-likeness (QED) is 0.262. The number of methoxy groups -OCH3 is 1. The molecule has 0 aliphatic heterocycles. The molecule has 0 aliphatic rings. The van der Waals surface area contributed by atoms with E-state index in [0.717, 1.165) is 16.7 Å². The van der Waals surface area contributed by atoms with Crippen LogP contribution in [0.2, 0.25) is 5.02 Å². The molecule has 146 valence electrons. The predicted octanol–water partition coefficient (Wildman–Crippen LogP) is 5.41. The van der Waals surface area contributed by atoms with Gasteiger partial charge < -0.3 is 9.15 Å². The molecule has 0 fully saturated rings. The van der Waals surface area contributed by atoms with E-state index in [9.17, 15) is 4.79 Å². The molecule has 6 nitrogen and oxygen atoms in total. The highest BCUT2D eigenvalue weighted by Crippen LogP contribution is 2.27. The van der Waals surface area contributed by atoms with Gasteiger partial charge in [-0.2, -0.15) is 5.10 Å². The normalized spacial score (nSPS) is 11.6. The number of hydrogen-bond donors (Lipinski definition) is 1. The van der Waals surface area contributed by atoms with Gasteiger partial charge in [-0.25, -0.2) is 9.78 Å². The summed E-state index contributed by atoms with van der Waals surface area (Å²) >= 11 is 7.26. The molecule has 0 saturated carbocycles. The molecule has 0 spiro atoms. The van der Waals surface area contributed by atoms with E-state index in [1.54, 1.807) is 30.7 Å².